The van der Waals surface area contributed by atoms with Crippen LogP contribution in [0.2, 0.25) is 0 Å². The topological polar surface area (TPSA) is 140 Å². The van der Waals surface area contributed by atoms with E-state index in [2.05, 4.69) is 16.5 Å². The van der Waals surface area contributed by atoms with Gasteiger partial charge in [-0.2, -0.15) is 5.26 Å². The van der Waals surface area contributed by atoms with Gasteiger partial charge in [0.05, 0.1) is 50.2 Å². The minimum atomic E-state index is -0.829. The Balaban J connectivity index is 1.94. The van der Waals surface area contributed by atoms with Gasteiger partial charge in [-0.25, -0.2) is 5.01 Å². The van der Waals surface area contributed by atoms with Gasteiger partial charge in [0, 0.05) is 36.0 Å². The maximum Gasteiger partial charge on any atom is 0.271 e. The molecule has 1 aromatic heterocycles. The fraction of sp³-hybridized carbons (Fsp3) is 0.333. The average molecular weight is 504 g/mol. The monoisotopic (exact) mass is 503 g/mol. The number of ketones is 1. The third-order valence-electron chi connectivity index (χ3n) is 6.56. The molecule has 2 aromatic rings. The molecule has 1 unspecified atom stereocenters. The van der Waals surface area contributed by atoms with Crippen molar-refractivity contribution in [3.8, 4) is 23.3 Å². The third kappa shape index (κ3) is 4.56. The molecular formula is C27H29N5O5. The van der Waals surface area contributed by atoms with Crippen molar-refractivity contribution in [3.63, 3.8) is 0 Å². The number of carbonyl (C=O) groups is 2. The van der Waals surface area contributed by atoms with Crippen molar-refractivity contribution in [2.24, 2.45) is 11.1 Å². The predicted molar refractivity (Wildman–Crippen MR) is 134 cm³/mol. The highest BCUT2D eigenvalue weighted by Crippen LogP contribution is 2.51. The van der Waals surface area contributed by atoms with E-state index in [9.17, 15) is 14.9 Å². The summed E-state index contributed by atoms with van der Waals surface area (Å²) in [4.78, 5) is 30.8. The number of rotatable bonds is 6. The minimum Gasteiger partial charge on any atom is -0.496 e. The summed E-state index contributed by atoms with van der Waals surface area (Å²) in [6.07, 6.45) is 3.69. The SMILES string of the molecule is COc1cc(OC)c(C2C(C#N)=C(N)N(NC(=O)c3cccnc3)C3=C2C(=O)CC(C)(C)C3)cc1OC. The maximum absolute atomic E-state index is 13.7. The Kier molecular flexibility index (Phi) is 6.81. The lowest BCUT2D eigenvalue weighted by atomic mass is 9.69. The summed E-state index contributed by atoms with van der Waals surface area (Å²) in [7, 11) is 4.50. The molecular weight excluding hydrogens is 474 g/mol. The summed E-state index contributed by atoms with van der Waals surface area (Å²) in [5.74, 6) is -0.180. The number of Topliss-reactive ketones (excluding diaryl/α,β-unsaturated/α-hetero) is 1. The van der Waals surface area contributed by atoms with E-state index in [1.807, 2.05) is 13.8 Å². The molecule has 4 rings (SSSR count). The van der Waals surface area contributed by atoms with Crippen LogP contribution in [0, 0.1) is 16.7 Å². The van der Waals surface area contributed by atoms with E-state index in [1.54, 1.807) is 30.5 Å². The molecule has 1 atom stereocenters. The van der Waals surface area contributed by atoms with E-state index in [0.717, 1.165) is 0 Å². The molecule has 0 saturated heterocycles. The first-order valence-corrected chi connectivity index (χ1v) is 11.6. The molecule has 1 aliphatic heterocycles. The highest BCUT2D eigenvalue weighted by Gasteiger charge is 2.46. The van der Waals surface area contributed by atoms with E-state index in [-0.39, 0.29) is 23.6 Å². The first-order chi connectivity index (χ1) is 17.6. The Labute approximate surface area is 215 Å². The van der Waals surface area contributed by atoms with Crippen LogP contribution in [-0.4, -0.2) is 43.0 Å². The first-order valence-electron chi connectivity index (χ1n) is 11.6. The van der Waals surface area contributed by atoms with Crippen molar-refractivity contribution in [2.75, 3.05) is 21.3 Å². The second-order valence-corrected chi connectivity index (χ2v) is 9.61. The van der Waals surface area contributed by atoms with Gasteiger partial charge in [-0.1, -0.05) is 13.8 Å². The van der Waals surface area contributed by atoms with Crippen LogP contribution in [0.4, 0.5) is 0 Å². The largest absolute Gasteiger partial charge is 0.496 e. The van der Waals surface area contributed by atoms with Crippen LogP contribution < -0.4 is 25.4 Å². The minimum absolute atomic E-state index is 0.0193. The van der Waals surface area contributed by atoms with Crippen LogP contribution in [0.3, 0.4) is 0 Å². The van der Waals surface area contributed by atoms with Gasteiger partial charge in [0.25, 0.3) is 5.91 Å². The number of nitriles is 1. The fourth-order valence-corrected chi connectivity index (χ4v) is 4.89. The van der Waals surface area contributed by atoms with E-state index in [0.29, 0.717) is 46.1 Å². The van der Waals surface area contributed by atoms with E-state index in [4.69, 9.17) is 19.9 Å². The number of allylic oxidation sites excluding steroid dienone is 3. The van der Waals surface area contributed by atoms with Gasteiger partial charge < -0.3 is 19.9 Å². The molecule has 10 heteroatoms. The summed E-state index contributed by atoms with van der Waals surface area (Å²) in [6.45, 7) is 3.95. The first kappa shape index (κ1) is 25.6. The van der Waals surface area contributed by atoms with E-state index >= 15 is 0 Å². The second-order valence-electron chi connectivity index (χ2n) is 9.61. The molecule has 0 spiro atoms. The lowest BCUT2D eigenvalue weighted by Gasteiger charge is -2.43. The number of nitrogens with one attached hydrogen (secondary N) is 1. The zero-order chi connectivity index (χ0) is 26.9. The Hall–Kier alpha value is -4.52. The Bertz CT molecular complexity index is 1360. The molecule has 1 amide bonds. The zero-order valence-corrected chi connectivity index (χ0v) is 21.4. The van der Waals surface area contributed by atoms with Gasteiger partial charge in [0.15, 0.2) is 17.3 Å². The number of benzene rings is 1. The number of hydrazine groups is 1. The van der Waals surface area contributed by atoms with Crippen LogP contribution in [0.1, 0.15) is 48.5 Å². The van der Waals surface area contributed by atoms with Gasteiger partial charge in [0.2, 0.25) is 0 Å². The van der Waals surface area contributed by atoms with Crippen LogP contribution in [-0.2, 0) is 4.79 Å². The van der Waals surface area contributed by atoms with Gasteiger partial charge >= 0.3 is 0 Å². The van der Waals surface area contributed by atoms with Crippen molar-refractivity contribution < 1.29 is 23.8 Å². The van der Waals surface area contributed by atoms with Gasteiger partial charge in [-0.15, -0.1) is 0 Å². The number of carbonyl (C=O) groups excluding carboxylic acids is 2. The van der Waals surface area contributed by atoms with Gasteiger partial charge in [0.1, 0.15) is 11.6 Å². The van der Waals surface area contributed by atoms with Crippen LogP contribution in [0.25, 0.3) is 0 Å². The molecule has 0 fully saturated rings. The number of hydrogen-bond acceptors (Lipinski definition) is 9. The Morgan fingerprint density at radius 2 is 1.84 bits per heavy atom. The number of pyridine rings is 1. The number of methoxy groups -OCH3 is 3. The average Bonchev–Trinajstić information content (AvgIpc) is 2.88. The lowest BCUT2D eigenvalue weighted by molar-refractivity contribution is -0.118. The molecule has 0 saturated carbocycles. The Morgan fingerprint density at radius 3 is 2.43 bits per heavy atom. The summed E-state index contributed by atoms with van der Waals surface area (Å²) < 4.78 is 16.5. The smallest absolute Gasteiger partial charge is 0.271 e. The lowest BCUT2D eigenvalue weighted by Crippen LogP contribution is -2.49. The summed E-state index contributed by atoms with van der Waals surface area (Å²) in [6, 6.07) is 8.76. The van der Waals surface area contributed by atoms with E-state index in [1.165, 1.54) is 32.5 Å². The summed E-state index contributed by atoms with van der Waals surface area (Å²) in [5.41, 5.74) is 10.8. The van der Waals surface area contributed by atoms with E-state index < -0.39 is 17.2 Å². The fourth-order valence-electron chi connectivity index (χ4n) is 4.89. The second kappa shape index (κ2) is 9.85. The number of nitrogens with two attached hydrogens (primary N) is 1. The van der Waals surface area contributed by atoms with Gasteiger partial charge in [-0.05, 0) is 30.0 Å². The number of nitrogens with zero attached hydrogens (tertiary/aromatic N) is 3. The van der Waals surface area contributed by atoms with Crippen molar-refractivity contribution in [1.82, 2.24) is 15.4 Å². The highest BCUT2D eigenvalue weighted by atomic mass is 16.5. The van der Waals surface area contributed by atoms with Crippen molar-refractivity contribution >= 4 is 11.7 Å². The quantitative estimate of drug-likeness (QED) is 0.608. The molecule has 0 bridgehead atoms. The molecule has 0 radical (unpaired) electrons. The maximum atomic E-state index is 13.7. The van der Waals surface area contributed by atoms with Crippen molar-refractivity contribution in [1.29, 1.82) is 5.26 Å². The van der Waals surface area contributed by atoms with Crippen molar-refractivity contribution in [3.05, 3.63) is 70.5 Å². The number of aromatic nitrogens is 1. The van der Waals surface area contributed by atoms with Crippen LogP contribution in [0.15, 0.2) is 59.3 Å². The summed E-state index contributed by atoms with van der Waals surface area (Å²) in [5, 5.41) is 11.6. The molecule has 192 valence electrons. The van der Waals surface area contributed by atoms with Crippen molar-refractivity contribution in [2.45, 2.75) is 32.6 Å². The summed E-state index contributed by atoms with van der Waals surface area (Å²) >= 11 is 0. The molecule has 1 aromatic carbocycles. The predicted octanol–water partition coefficient (Wildman–Crippen LogP) is 3.19. The molecule has 2 heterocycles. The normalized spacial score (nSPS) is 18.6. The molecule has 1 aliphatic carbocycles. The molecule has 37 heavy (non-hydrogen) atoms. The molecule has 3 N–H and O–H groups in total. The third-order valence-corrected chi connectivity index (χ3v) is 6.56. The van der Waals surface area contributed by atoms with Gasteiger partial charge in [-0.3, -0.25) is 20.0 Å². The highest BCUT2D eigenvalue weighted by molar-refractivity contribution is 6.01. The van der Waals surface area contributed by atoms with Crippen LogP contribution in [0.5, 0.6) is 17.2 Å². The zero-order valence-electron chi connectivity index (χ0n) is 21.4. The molecule has 10 nitrogen and oxygen atoms in total. The number of amides is 1. The van der Waals surface area contributed by atoms with Crippen LogP contribution >= 0.6 is 0 Å². The Morgan fingerprint density at radius 1 is 1.16 bits per heavy atom. The standard InChI is InChI=1S/C27H29N5O5/c1-27(2)11-18-24(19(33)12-27)23(16-9-21(36-4)22(37-5)10-20(16)35-3)17(13-28)25(29)32(18)31-26(34)15-7-6-8-30-14-15/h6-10,14,23H,11-12,29H2,1-5H3,(H,31,34). The number of hydrogen-bond donors (Lipinski definition) is 2. The number of ether oxygens (including phenoxy) is 3. The molecule has 2 aliphatic rings.